The fraction of sp³-hybridized carbons (Fsp3) is 0.615. The molecule has 8 heteroatoms. The van der Waals surface area contributed by atoms with Gasteiger partial charge >= 0.3 is 0 Å². The lowest BCUT2D eigenvalue weighted by atomic mass is 10.2. The molecule has 0 N–H and O–H groups in total. The number of hydrogen-bond acceptors (Lipinski definition) is 6. The normalized spacial score (nSPS) is 20.6. The molecule has 0 spiro atoms. The molecule has 1 aromatic heterocycles. The summed E-state index contributed by atoms with van der Waals surface area (Å²) in [6, 6.07) is -0.0659. The van der Waals surface area contributed by atoms with Gasteiger partial charge in [0.1, 0.15) is 0 Å². The number of sulfone groups is 1. The van der Waals surface area contributed by atoms with Crippen LogP contribution in [0.15, 0.2) is 18.6 Å². The predicted octanol–water partition coefficient (Wildman–Crippen LogP) is -0.446. The number of likely N-dealkylation sites (N-methyl/N-ethyl adjacent to an activating group) is 2. The zero-order valence-corrected chi connectivity index (χ0v) is 13.1. The van der Waals surface area contributed by atoms with Gasteiger partial charge in [-0.15, -0.1) is 0 Å². The summed E-state index contributed by atoms with van der Waals surface area (Å²) in [4.78, 5) is 23.6. The number of hydrogen-bond donors (Lipinski definition) is 0. The summed E-state index contributed by atoms with van der Waals surface area (Å²) < 4.78 is 22.9. The van der Waals surface area contributed by atoms with Crippen LogP contribution in [0.2, 0.25) is 0 Å². The van der Waals surface area contributed by atoms with E-state index in [-0.39, 0.29) is 30.0 Å². The molecule has 1 aliphatic rings. The second-order valence-corrected chi connectivity index (χ2v) is 7.65. The van der Waals surface area contributed by atoms with Crippen molar-refractivity contribution in [1.82, 2.24) is 19.8 Å². The van der Waals surface area contributed by atoms with Crippen molar-refractivity contribution in [3.8, 4) is 0 Å². The summed E-state index contributed by atoms with van der Waals surface area (Å²) in [7, 11) is 0.566. The van der Waals surface area contributed by atoms with Gasteiger partial charge in [0.25, 0.3) is 0 Å². The largest absolute Gasteiger partial charge is 0.339 e. The van der Waals surface area contributed by atoms with Crippen molar-refractivity contribution in [2.75, 3.05) is 32.1 Å². The molecule has 1 fully saturated rings. The van der Waals surface area contributed by atoms with E-state index in [9.17, 15) is 13.2 Å². The summed E-state index contributed by atoms with van der Waals surface area (Å²) in [5.74, 6) is 0.295. The van der Waals surface area contributed by atoms with E-state index in [0.717, 1.165) is 5.69 Å². The Balaban J connectivity index is 1.86. The van der Waals surface area contributed by atoms with Gasteiger partial charge in [-0.05, 0) is 13.5 Å². The van der Waals surface area contributed by atoms with Crippen molar-refractivity contribution < 1.29 is 13.2 Å². The van der Waals surface area contributed by atoms with Gasteiger partial charge in [0.15, 0.2) is 9.84 Å². The maximum Gasteiger partial charge on any atom is 0.236 e. The van der Waals surface area contributed by atoms with E-state index in [4.69, 9.17) is 0 Å². The molecule has 0 aliphatic carbocycles. The first-order valence-corrected chi connectivity index (χ1v) is 8.59. The Morgan fingerprint density at radius 1 is 1.38 bits per heavy atom. The summed E-state index contributed by atoms with van der Waals surface area (Å²) in [5, 5.41) is 0. The van der Waals surface area contributed by atoms with E-state index in [0.29, 0.717) is 13.0 Å². The van der Waals surface area contributed by atoms with Crippen molar-refractivity contribution in [1.29, 1.82) is 0 Å². The van der Waals surface area contributed by atoms with Gasteiger partial charge in [-0.2, -0.15) is 0 Å². The standard InChI is InChI=1S/C13H20N4O3S/c1-16(12-3-6-21(19,20)10-12)9-13(18)17(2)8-11-7-14-4-5-15-11/h4-5,7,12H,3,6,8-10H2,1-2H3/t12-/m1/s1. The van der Waals surface area contributed by atoms with E-state index < -0.39 is 9.84 Å². The summed E-state index contributed by atoms with van der Waals surface area (Å²) >= 11 is 0. The third-order valence-electron chi connectivity index (χ3n) is 3.66. The molecule has 2 rings (SSSR count). The zero-order valence-electron chi connectivity index (χ0n) is 12.3. The van der Waals surface area contributed by atoms with Gasteiger partial charge in [-0.3, -0.25) is 19.7 Å². The average Bonchev–Trinajstić information content (AvgIpc) is 2.80. The van der Waals surface area contributed by atoms with Crippen molar-refractivity contribution in [3.63, 3.8) is 0 Å². The fourth-order valence-electron chi connectivity index (χ4n) is 2.33. The van der Waals surface area contributed by atoms with Crippen LogP contribution >= 0.6 is 0 Å². The minimum absolute atomic E-state index is 0.0625. The molecule has 0 aromatic carbocycles. The number of rotatable bonds is 5. The first-order valence-electron chi connectivity index (χ1n) is 6.77. The van der Waals surface area contributed by atoms with E-state index in [1.165, 1.54) is 0 Å². The molecule has 0 saturated carbocycles. The minimum atomic E-state index is -2.93. The van der Waals surface area contributed by atoms with Crippen LogP contribution in [-0.4, -0.2) is 72.3 Å². The van der Waals surface area contributed by atoms with Crippen LogP contribution in [0.4, 0.5) is 0 Å². The Hall–Kier alpha value is -1.54. The van der Waals surface area contributed by atoms with Gasteiger partial charge < -0.3 is 4.90 Å². The summed E-state index contributed by atoms with van der Waals surface area (Å²) in [6.07, 6.45) is 5.39. The maximum atomic E-state index is 12.2. The van der Waals surface area contributed by atoms with Crippen LogP contribution in [0, 0.1) is 0 Å². The van der Waals surface area contributed by atoms with Crippen LogP contribution in [0.5, 0.6) is 0 Å². The lowest BCUT2D eigenvalue weighted by molar-refractivity contribution is -0.131. The monoisotopic (exact) mass is 312 g/mol. The van der Waals surface area contributed by atoms with Crippen LogP contribution in [0.25, 0.3) is 0 Å². The smallest absolute Gasteiger partial charge is 0.236 e. The Bertz CT molecular complexity index is 591. The minimum Gasteiger partial charge on any atom is -0.339 e. The van der Waals surface area contributed by atoms with E-state index >= 15 is 0 Å². The maximum absolute atomic E-state index is 12.2. The molecule has 1 aliphatic heterocycles. The molecule has 2 heterocycles. The van der Waals surface area contributed by atoms with Crippen molar-refractivity contribution >= 4 is 15.7 Å². The number of aromatic nitrogens is 2. The van der Waals surface area contributed by atoms with Crippen molar-refractivity contribution in [2.24, 2.45) is 0 Å². The molecule has 0 unspecified atom stereocenters. The molecule has 21 heavy (non-hydrogen) atoms. The fourth-order valence-corrected chi connectivity index (χ4v) is 4.13. The number of nitrogens with zero attached hydrogens (tertiary/aromatic N) is 4. The van der Waals surface area contributed by atoms with Crippen LogP contribution in [0.3, 0.4) is 0 Å². The van der Waals surface area contributed by atoms with E-state index in [1.54, 1.807) is 37.6 Å². The van der Waals surface area contributed by atoms with Gasteiger partial charge in [0, 0.05) is 25.5 Å². The summed E-state index contributed by atoms with van der Waals surface area (Å²) in [6.45, 7) is 0.598. The first kappa shape index (κ1) is 15.8. The Kier molecular flexibility index (Phi) is 4.89. The molecular formula is C13H20N4O3S. The highest BCUT2D eigenvalue weighted by molar-refractivity contribution is 7.91. The van der Waals surface area contributed by atoms with Crippen molar-refractivity contribution in [2.45, 2.75) is 19.0 Å². The quantitative estimate of drug-likeness (QED) is 0.732. The molecule has 7 nitrogen and oxygen atoms in total. The Morgan fingerprint density at radius 3 is 2.71 bits per heavy atom. The SMILES string of the molecule is CN(Cc1cnccn1)C(=O)CN(C)[C@@H]1CCS(=O)(=O)C1. The lowest BCUT2D eigenvalue weighted by Gasteiger charge is -2.25. The predicted molar refractivity (Wildman–Crippen MR) is 78.2 cm³/mol. The second kappa shape index (κ2) is 6.48. The number of carbonyl (C=O) groups is 1. The van der Waals surface area contributed by atoms with E-state index in [2.05, 4.69) is 9.97 Å². The summed E-state index contributed by atoms with van der Waals surface area (Å²) in [5.41, 5.74) is 0.722. The third-order valence-corrected chi connectivity index (χ3v) is 5.41. The average molecular weight is 312 g/mol. The second-order valence-electron chi connectivity index (χ2n) is 5.42. The Morgan fingerprint density at radius 2 is 2.14 bits per heavy atom. The molecule has 1 saturated heterocycles. The number of carbonyl (C=O) groups excluding carboxylic acids is 1. The molecule has 0 bridgehead atoms. The Labute approximate surface area is 124 Å². The zero-order chi connectivity index (χ0) is 15.5. The van der Waals surface area contributed by atoms with Crippen LogP contribution in [-0.2, 0) is 21.2 Å². The molecule has 1 aromatic rings. The third kappa shape index (κ3) is 4.47. The van der Waals surface area contributed by atoms with E-state index in [1.807, 2.05) is 4.90 Å². The molecule has 0 radical (unpaired) electrons. The van der Waals surface area contributed by atoms with Crippen molar-refractivity contribution in [3.05, 3.63) is 24.3 Å². The van der Waals surface area contributed by atoms with Gasteiger partial charge in [0.2, 0.25) is 5.91 Å². The highest BCUT2D eigenvalue weighted by Crippen LogP contribution is 2.16. The van der Waals surface area contributed by atoms with Crippen LogP contribution < -0.4 is 0 Å². The lowest BCUT2D eigenvalue weighted by Crippen LogP contribution is -2.41. The first-order chi connectivity index (χ1) is 9.87. The van der Waals surface area contributed by atoms with Gasteiger partial charge in [-0.25, -0.2) is 8.42 Å². The van der Waals surface area contributed by atoms with Gasteiger partial charge in [-0.1, -0.05) is 0 Å². The highest BCUT2D eigenvalue weighted by Gasteiger charge is 2.31. The molecule has 1 atom stereocenters. The number of amides is 1. The molecule has 1 amide bonds. The highest BCUT2D eigenvalue weighted by atomic mass is 32.2. The molecular weight excluding hydrogens is 292 g/mol. The van der Waals surface area contributed by atoms with Crippen LogP contribution in [0.1, 0.15) is 12.1 Å². The molecule has 116 valence electrons. The topological polar surface area (TPSA) is 83.5 Å². The van der Waals surface area contributed by atoms with Gasteiger partial charge in [0.05, 0.1) is 36.5 Å².